The maximum absolute atomic E-state index is 11.6. The van der Waals surface area contributed by atoms with Crippen molar-refractivity contribution in [3.05, 3.63) is 48.3 Å². The number of aromatic nitrogens is 2. The van der Waals surface area contributed by atoms with Crippen LogP contribution in [0.25, 0.3) is 0 Å². The van der Waals surface area contributed by atoms with E-state index in [1.165, 1.54) is 0 Å². The summed E-state index contributed by atoms with van der Waals surface area (Å²) in [4.78, 5) is 19.3. The quantitative estimate of drug-likeness (QED) is 0.833. The van der Waals surface area contributed by atoms with E-state index < -0.39 is 0 Å². The highest BCUT2D eigenvalue weighted by Gasteiger charge is 2.04. The maximum Gasteiger partial charge on any atom is 0.264 e. The molecule has 0 saturated heterocycles. The van der Waals surface area contributed by atoms with E-state index in [1.54, 1.807) is 30.6 Å². The smallest absolute Gasteiger partial charge is 0.264 e. The van der Waals surface area contributed by atoms with Gasteiger partial charge in [-0.15, -0.1) is 0 Å². The van der Waals surface area contributed by atoms with Crippen LogP contribution in [-0.2, 0) is 11.3 Å². The number of ether oxygens (including phenoxy) is 1. The lowest BCUT2D eigenvalue weighted by atomic mass is 10.2. The van der Waals surface area contributed by atoms with Crippen LogP contribution in [0, 0.1) is 0 Å². The maximum atomic E-state index is 11.6. The van der Waals surface area contributed by atoms with Crippen LogP contribution in [-0.4, -0.2) is 22.5 Å². The Labute approximate surface area is 110 Å². The van der Waals surface area contributed by atoms with Crippen molar-refractivity contribution in [3.8, 4) is 5.75 Å². The number of rotatable bonds is 5. The fourth-order valence-electron chi connectivity index (χ4n) is 1.40. The molecule has 98 valence electrons. The number of carbonyl (C=O) groups is 1. The highest BCUT2D eigenvalue weighted by atomic mass is 16.5. The highest BCUT2D eigenvalue weighted by molar-refractivity contribution is 5.90. The third kappa shape index (κ3) is 4.04. The van der Waals surface area contributed by atoms with Crippen LogP contribution in [0.2, 0.25) is 0 Å². The summed E-state index contributed by atoms with van der Waals surface area (Å²) in [5.41, 5.74) is 6.50. The number of anilines is 1. The molecule has 0 atom stereocenters. The number of benzene rings is 1. The first kappa shape index (κ1) is 13.0. The zero-order valence-electron chi connectivity index (χ0n) is 10.2. The number of nitrogens with one attached hydrogen (secondary N) is 1. The lowest BCUT2D eigenvalue weighted by Crippen LogP contribution is -2.21. The van der Waals surface area contributed by atoms with Gasteiger partial charge in [0.25, 0.3) is 5.91 Å². The van der Waals surface area contributed by atoms with Crippen molar-refractivity contribution < 1.29 is 9.53 Å². The molecule has 0 aliphatic heterocycles. The first-order chi connectivity index (χ1) is 9.28. The van der Waals surface area contributed by atoms with Gasteiger partial charge in [-0.05, 0) is 23.8 Å². The monoisotopic (exact) mass is 258 g/mol. The Bertz CT molecular complexity index is 528. The van der Waals surface area contributed by atoms with Crippen molar-refractivity contribution in [2.45, 2.75) is 6.54 Å². The Kier molecular flexibility index (Phi) is 4.41. The molecule has 0 aliphatic rings. The minimum atomic E-state index is -0.311. The lowest BCUT2D eigenvalue weighted by molar-refractivity contribution is -0.118. The summed E-state index contributed by atoms with van der Waals surface area (Å²) in [6.07, 6.45) is 3.10. The molecule has 1 heterocycles. The molecule has 2 aromatic rings. The molecule has 19 heavy (non-hydrogen) atoms. The molecule has 0 spiro atoms. The van der Waals surface area contributed by atoms with Gasteiger partial charge in [0, 0.05) is 18.9 Å². The number of hydrogen-bond acceptors (Lipinski definition) is 5. The van der Waals surface area contributed by atoms with Gasteiger partial charge in [-0.3, -0.25) is 10.1 Å². The van der Waals surface area contributed by atoms with E-state index in [2.05, 4.69) is 15.3 Å². The van der Waals surface area contributed by atoms with E-state index in [9.17, 15) is 4.79 Å². The van der Waals surface area contributed by atoms with E-state index in [4.69, 9.17) is 10.5 Å². The summed E-state index contributed by atoms with van der Waals surface area (Å²) in [6.45, 7) is 0.381. The summed E-state index contributed by atoms with van der Waals surface area (Å²) >= 11 is 0. The molecule has 0 unspecified atom stereocenters. The third-order valence-electron chi connectivity index (χ3n) is 2.35. The molecule has 0 radical (unpaired) electrons. The largest absolute Gasteiger partial charge is 0.484 e. The zero-order chi connectivity index (χ0) is 13.5. The van der Waals surface area contributed by atoms with E-state index in [-0.39, 0.29) is 18.5 Å². The van der Waals surface area contributed by atoms with Crippen LogP contribution in [0.3, 0.4) is 0 Å². The van der Waals surface area contributed by atoms with Crippen molar-refractivity contribution in [1.82, 2.24) is 9.97 Å². The van der Waals surface area contributed by atoms with E-state index >= 15 is 0 Å². The highest BCUT2D eigenvalue weighted by Crippen LogP contribution is 2.11. The number of nitrogens with zero attached hydrogens (tertiary/aromatic N) is 2. The van der Waals surface area contributed by atoms with Crippen molar-refractivity contribution in [1.29, 1.82) is 0 Å². The van der Waals surface area contributed by atoms with Crippen molar-refractivity contribution in [2.24, 2.45) is 5.73 Å². The predicted molar refractivity (Wildman–Crippen MR) is 70.5 cm³/mol. The van der Waals surface area contributed by atoms with Crippen LogP contribution in [0.4, 0.5) is 5.95 Å². The number of amides is 1. The second-order valence-corrected chi connectivity index (χ2v) is 3.76. The number of nitrogens with two attached hydrogens (primary N) is 1. The topological polar surface area (TPSA) is 90.1 Å². The summed E-state index contributed by atoms with van der Waals surface area (Å²) < 4.78 is 5.33. The average Bonchev–Trinajstić information content (AvgIpc) is 2.47. The number of carbonyl (C=O) groups excluding carboxylic acids is 1. The van der Waals surface area contributed by atoms with Crippen molar-refractivity contribution >= 4 is 11.9 Å². The molecule has 1 aromatic carbocycles. The standard InChI is InChI=1S/C13H14N4O2/c14-8-10-2-4-11(5-3-10)19-9-12(18)17-13-15-6-1-7-16-13/h1-7H,8-9,14H2,(H,15,16,17,18). The molecule has 0 saturated carbocycles. The Morgan fingerprint density at radius 1 is 1.21 bits per heavy atom. The van der Waals surface area contributed by atoms with Gasteiger partial charge in [-0.2, -0.15) is 0 Å². The molecule has 6 heteroatoms. The lowest BCUT2D eigenvalue weighted by Gasteiger charge is -2.06. The van der Waals surface area contributed by atoms with Gasteiger partial charge in [-0.25, -0.2) is 9.97 Å². The zero-order valence-corrected chi connectivity index (χ0v) is 10.2. The van der Waals surface area contributed by atoms with Gasteiger partial charge in [0.05, 0.1) is 0 Å². The van der Waals surface area contributed by atoms with Crippen molar-refractivity contribution in [3.63, 3.8) is 0 Å². The predicted octanol–water partition coefficient (Wildman–Crippen LogP) is 0.953. The Morgan fingerprint density at radius 3 is 2.53 bits per heavy atom. The van der Waals surface area contributed by atoms with Gasteiger partial charge in [0.2, 0.25) is 5.95 Å². The molecular formula is C13H14N4O2. The van der Waals surface area contributed by atoms with E-state index in [1.807, 2.05) is 12.1 Å². The number of hydrogen-bond donors (Lipinski definition) is 2. The van der Waals surface area contributed by atoms with Gasteiger partial charge in [0.1, 0.15) is 5.75 Å². The summed E-state index contributed by atoms with van der Waals surface area (Å²) in [5, 5.41) is 2.53. The van der Waals surface area contributed by atoms with Gasteiger partial charge >= 0.3 is 0 Å². The molecule has 0 fully saturated rings. The summed E-state index contributed by atoms with van der Waals surface area (Å²) in [7, 11) is 0. The molecule has 2 rings (SSSR count). The fourth-order valence-corrected chi connectivity index (χ4v) is 1.40. The minimum absolute atomic E-state index is 0.0970. The molecule has 1 aromatic heterocycles. The fraction of sp³-hybridized carbons (Fsp3) is 0.154. The van der Waals surface area contributed by atoms with Gasteiger partial charge in [-0.1, -0.05) is 12.1 Å². The second kappa shape index (κ2) is 6.46. The normalized spacial score (nSPS) is 9.95. The van der Waals surface area contributed by atoms with Crippen LogP contribution in [0.1, 0.15) is 5.56 Å². The van der Waals surface area contributed by atoms with Crippen LogP contribution < -0.4 is 15.8 Å². The minimum Gasteiger partial charge on any atom is -0.484 e. The molecule has 0 aliphatic carbocycles. The second-order valence-electron chi connectivity index (χ2n) is 3.76. The van der Waals surface area contributed by atoms with E-state index in [0.29, 0.717) is 12.3 Å². The van der Waals surface area contributed by atoms with Crippen molar-refractivity contribution in [2.75, 3.05) is 11.9 Å². The van der Waals surface area contributed by atoms with Crippen LogP contribution in [0.15, 0.2) is 42.7 Å². The first-order valence-corrected chi connectivity index (χ1v) is 5.76. The van der Waals surface area contributed by atoms with Crippen LogP contribution >= 0.6 is 0 Å². The molecule has 3 N–H and O–H groups in total. The van der Waals surface area contributed by atoms with E-state index in [0.717, 1.165) is 5.56 Å². The summed E-state index contributed by atoms with van der Waals surface area (Å²) in [5.74, 6) is 0.560. The molecule has 0 bridgehead atoms. The molecular weight excluding hydrogens is 244 g/mol. The Hall–Kier alpha value is -2.47. The van der Waals surface area contributed by atoms with Gasteiger partial charge in [0.15, 0.2) is 6.61 Å². The molecule has 1 amide bonds. The average molecular weight is 258 g/mol. The first-order valence-electron chi connectivity index (χ1n) is 5.76. The van der Waals surface area contributed by atoms with Crippen LogP contribution in [0.5, 0.6) is 5.75 Å². The Balaban J connectivity index is 1.83. The SMILES string of the molecule is NCc1ccc(OCC(=O)Nc2ncccn2)cc1. The summed E-state index contributed by atoms with van der Waals surface area (Å²) in [6, 6.07) is 8.93. The third-order valence-corrected chi connectivity index (χ3v) is 2.35. The van der Waals surface area contributed by atoms with Gasteiger partial charge < -0.3 is 10.5 Å². The Morgan fingerprint density at radius 2 is 1.89 bits per heavy atom. The molecule has 6 nitrogen and oxygen atoms in total.